The Morgan fingerprint density at radius 3 is 2.43 bits per heavy atom. The first-order valence-corrected chi connectivity index (χ1v) is 7.78. The number of nitrogens with zero attached hydrogens (tertiary/aromatic N) is 2. The van der Waals surface area contributed by atoms with Crippen molar-refractivity contribution in [2.75, 3.05) is 13.7 Å². The predicted molar refractivity (Wildman–Crippen MR) is 93.6 cm³/mol. The molecule has 5 nitrogen and oxygen atoms in total. The summed E-state index contributed by atoms with van der Waals surface area (Å²) >= 11 is 0. The zero-order chi connectivity index (χ0) is 16.5. The summed E-state index contributed by atoms with van der Waals surface area (Å²) in [5.74, 6) is 1.41. The monoisotopic (exact) mass is 312 g/mol. The molecule has 0 aliphatic rings. The standard InChI is InChI=1S/C18H24N4O/c1-4-19-18(21-11-15-7-5-14(2)6-8-15)22-13-16-9-10-17(23-3)20-12-16/h5-10,12H,4,11,13H2,1-3H3,(H2,19,21,22). The van der Waals surface area contributed by atoms with Crippen LogP contribution in [0.1, 0.15) is 23.6 Å². The van der Waals surface area contributed by atoms with Gasteiger partial charge in [-0.15, -0.1) is 0 Å². The van der Waals surface area contributed by atoms with Gasteiger partial charge in [0.25, 0.3) is 0 Å². The summed E-state index contributed by atoms with van der Waals surface area (Å²) in [6.45, 7) is 6.28. The van der Waals surface area contributed by atoms with Gasteiger partial charge in [-0.25, -0.2) is 9.98 Å². The quantitative estimate of drug-likeness (QED) is 0.636. The molecule has 0 aliphatic carbocycles. The maximum atomic E-state index is 5.06. The molecule has 1 heterocycles. The van der Waals surface area contributed by atoms with Gasteiger partial charge in [-0.05, 0) is 25.0 Å². The second-order valence-corrected chi connectivity index (χ2v) is 5.24. The van der Waals surface area contributed by atoms with Crippen molar-refractivity contribution in [3.05, 3.63) is 59.3 Å². The zero-order valence-electron chi connectivity index (χ0n) is 14.0. The van der Waals surface area contributed by atoms with Crippen LogP contribution in [0.2, 0.25) is 0 Å². The minimum Gasteiger partial charge on any atom is -0.481 e. The summed E-state index contributed by atoms with van der Waals surface area (Å²) in [6, 6.07) is 12.3. The number of benzene rings is 1. The Morgan fingerprint density at radius 1 is 1.09 bits per heavy atom. The molecule has 0 fully saturated rings. The molecule has 2 aromatic rings. The largest absolute Gasteiger partial charge is 0.481 e. The van der Waals surface area contributed by atoms with Crippen LogP contribution >= 0.6 is 0 Å². The normalized spacial score (nSPS) is 11.2. The van der Waals surface area contributed by atoms with E-state index < -0.39 is 0 Å². The maximum absolute atomic E-state index is 5.06. The molecule has 1 aromatic carbocycles. The first kappa shape index (κ1) is 16.8. The highest BCUT2D eigenvalue weighted by Gasteiger charge is 2.00. The fraction of sp³-hybridized carbons (Fsp3) is 0.333. The summed E-state index contributed by atoms with van der Waals surface area (Å²) < 4.78 is 5.06. The van der Waals surface area contributed by atoms with E-state index in [0.29, 0.717) is 12.4 Å². The molecule has 0 unspecified atom stereocenters. The Balaban J connectivity index is 1.94. The highest BCUT2D eigenvalue weighted by atomic mass is 16.5. The lowest BCUT2D eigenvalue weighted by atomic mass is 10.1. The second-order valence-electron chi connectivity index (χ2n) is 5.24. The molecule has 0 bridgehead atoms. The van der Waals surface area contributed by atoms with Gasteiger partial charge in [0.15, 0.2) is 5.96 Å². The number of ether oxygens (including phenoxy) is 1. The van der Waals surface area contributed by atoms with E-state index in [4.69, 9.17) is 4.74 Å². The Bertz CT molecular complexity index is 620. The zero-order valence-corrected chi connectivity index (χ0v) is 14.0. The van der Waals surface area contributed by atoms with Gasteiger partial charge in [0.2, 0.25) is 5.88 Å². The van der Waals surface area contributed by atoms with Crippen molar-refractivity contribution in [2.24, 2.45) is 4.99 Å². The van der Waals surface area contributed by atoms with Gasteiger partial charge in [-0.3, -0.25) is 0 Å². The number of aromatic nitrogens is 1. The van der Waals surface area contributed by atoms with Crippen LogP contribution in [0.5, 0.6) is 5.88 Å². The maximum Gasteiger partial charge on any atom is 0.212 e. The highest BCUT2D eigenvalue weighted by Crippen LogP contribution is 2.07. The molecular formula is C18H24N4O. The molecule has 0 amide bonds. The fourth-order valence-electron chi connectivity index (χ4n) is 2.03. The van der Waals surface area contributed by atoms with Crippen molar-refractivity contribution < 1.29 is 4.74 Å². The number of guanidine groups is 1. The van der Waals surface area contributed by atoms with Crippen LogP contribution in [-0.4, -0.2) is 24.6 Å². The van der Waals surface area contributed by atoms with Crippen molar-refractivity contribution in [3.63, 3.8) is 0 Å². The van der Waals surface area contributed by atoms with Gasteiger partial charge in [0, 0.05) is 25.4 Å². The number of nitrogens with one attached hydrogen (secondary N) is 2. The van der Waals surface area contributed by atoms with Crippen molar-refractivity contribution in [1.29, 1.82) is 0 Å². The summed E-state index contributed by atoms with van der Waals surface area (Å²) in [6.07, 6.45) is 1.78. The molecule has 0 atom stereocenters. The van der Waals surface area contributed by atoms with E-state index in [1.165, 1.54) is 11.1 Å². The van der Waals surface area contributed by atoms with Crippen molar-refractivity contribution in [1.82, 2.24) is 15.6 Å². The number of rotatable bonds is 6. The van der Waals surface area contributed by atoms with Crippen molar-refractivity contribution in [3.8, 4) is 5.88 Å². The molecule has 0 spiro atoms. The Hall–Kier alpha value is -2.56. The van der Waals surface area contributed by atoms with Crippen molar-refractivity contribution in [2.45, 2.75) is 26.9 Å². The molecule has 5 heteroatoms. The number of hydrogen-bond acceptors (Lipinski definition) is 3. The molecule has 23 heavy (non-hydrogen) atoms. The second kappa shape index (κ2) is 8.78. The van der Waals surface area contributed by atoms with E-state index in [1.807, 2.05) is 12.1 Å². The minimum absolute atomic E-state index is 0.570. The van der Waals surface area contributed by atoms with Crippen LogP contribution in [0.15, 0.2) is 47.6 Å². The van der Waals surface area contributed by atoms with E-state index in [1.54, 1.807) is 13.3 Å². The molecule has 0 saturated carbocycles. The molecule has 122 valence electrons. The predicted octanol–water partition coefficient (Wildman–Crippen LogP) is 2.65. The third-order valence-electron chi connectivity index (χ3n) is 3.35. The summed E-state index contributed by atoms with van der Waals surface area (Å²) in [5.41, 5.74) is 3.53. The van der Waals surface area contributed by atoms with Gasteiger partial charge in [0.1, 0.15) is 0 Å². The van der Waals surface area contributed by atoms with Gasteiger partial charge in [-0.1, -0.05) is 35.9 Å². The SMILES string of the molecule is CCNC(=NCc1ccc(OC)nc1)NCc1ccc(C)cc1. The topological polar surface area (TPSA) is 58.5 Å². The van der Waals surface area contributed by atoms with Crippen LogP contribution in [0, 0.1) is 6.92 Å². The Labute approximate surface area is 137 Å². The van der Waals surface area contributed by atoms with E-state index in [2.05, 4.69) is 58.7 Å². The Kier molecular flexibility index (Phi) is 6.41. The van der Waals surface area contributed by atoms with Crippen LogP contribution < -0.4 is 15.4 Å². The third kappa shape index (κ3) is 5.62. The molecule has 0 radical (unpaired) electrons. The summed E-state index contributed by atoms with van der Waals surface area (Å²) in [7, 11) is 1.61. The molecule has 0 saturated heterocycles. The molecule has 2 N–H and O–H groups in total. The van der Waals surface area contributed by atoms with Gasteiger partial charge < -0.3 is 15.4 Å². The molecule has 1 aromatic heterocycles. The minimum atomic E-state index is 0.570. The number of methoxy groups -OCH3 is 1. The number of aryl methyl sites for hydroxylation is 1. The summed E-state index contributed by atoms with van der Waals surface area (Å²) in [4.78, 5) is 8.78. The van der Waals surface area contributed by atoms with Crippen LogP contribution in [0.25, 0.3) is 0 Å². The lowest BCUT2D eigenvalue weighted by Crippen LogP contribution is -2.36. The first-order chi connectivity index (χ1) is 11.2. The highest BCUT2D eigenvalue weighted by molar-refractivity contribution is 5.79. The fourth-order valence-corrected chi connectivity index (χ4v) is 2.03. The van der Waals surface area contributed by atoms with E-state index >= 15 is 0 Å². The molecular weight excluding hydrogens is 288 g/mol. The molecule has 0 aliphatic heterocycles. The van der Waals surface area contributed by atoms with Gasteiger partial charge in [-0.2, -0.15) is 0 Å². The lowest BCUT2D eigenvalue weighted by molar-refractivity contribution is 0.397. The van der Waals surface area contributed by atoms with Gasteiger partial charge in [0.05, 0.1) is 13.7 Å². The Morgan fingerprint density at radius 2 is 1.83 bits per heavy atom. The van der Waals surface area contributed by atoms with E-state index in [0.717, 1.165) is 24.6 Å². The first-order valence-electron chi connectivity index (χ1n) is 7.78. The average molecular weight is 312 g/mol. The number of hydrogen-bond donors (Lipinski definition) is 2. The number of aliphatic imine (C=N–C) groups is 1. The van der Waals surface area contributed by atoms with Crippen LogP contribution in [0.4, 0.5) is 0 Å². The number of pyridine rings is 1. The van der Waals surface area contributed by atoms with E-state index in [-0.39, 0.29) is 0 Å². The lowest BCUT2D eigenvalue weighted by Gasteiger charge is -2.11. The van der Waals surface area contributed by atoms with Gasteiger partial charge >= 0.3 is 0 Å². The smallest absolute Gasteiger partial charge is 0.212 e. The van der Waals surface area contributed by atoms with Crippen LogP contribution in [0.3, 0.4) is 0 Å². The summed E-state index contributed by atoms with van der Waals surface area (Å²) in [5, 5.41) is 6.59. The molecule has 2 rings (SSSR count). The van der Waals surface area contributed by atoms with E-state index in [9.17, 15) is 0 Å². The van der Waals surface area contributed by atoms with Crippen molar-refractivity contribution >= 4 is 5.96 Å². The van der Waals surface area contributed by atoms with Crippen LogP contribution in [-0.2, 0) is 13.1 Å². The average Bonchev–Trinajstić information content (AvgIpc) is 2.59. The third-order valence-corrected chi connectivity index (χ3v) is 3.35.